The zero-order valence-electron chi connectivity index (χ0n) is 12.5. The second kappa shape index (κ2) is 7.23. The fraction of sp³-hybridized carbons (Fsp3) is 0.688. The van der Waals surface area contributed by atoms with Crippen molar-refractivity contribution in [2.75, 3.05) is 0 Å². The van der Waals surface area contributed by atoms with E-state index in [4.69, 9.17) is 5.73 Å². The Morgan fingerprint density at radius 3 is 2.75 bits per heavy atom. The molecular formula is C16H26N2OS. The van der Waals surface area contributed by atoms with Crippen molar-refractivity contribution in [3.8, 4) is 0 Å². The van der Waals surface area contributed by atoms with Crippen LogP contribution in [0.15, 0.2) is 17.5 Å². The van der Waals surface area contributed by atoms with Gasteiger partial charge in [0, 0.05) is 4.88 Å². The van der Waals surface area contributed by atoms with Gasteiger partial charge in [0.15, 0.2) is 0 Å². The van der Waals surface area contributed by atoms with Crippen LogP contribution in [0.2, 0.25) is 0 Å². The number of amides is 1. The molecule has 0 aromatic carbocycles. The van der Waals surface area contributed by atoms with Crippen LogP contribution in [-0.4, -0.2) is 11.9 Å². The van der Waals surface area contributed by atoms with Gasteiger partial charge in [-0.25, -0.2) is 0 Å². The summed E-state index contributed by atoms with van der Waals surface area (Å²) < 4.78 is 0. The summed E-state index contributed by atoms with van der Waals surface area (Å²) in [5.74, 6) is 0.800. The molecule has 1 aromatic rings. The first-order chi connectivity index (χ1) is 9.63. The van der Waals surface area contributed by atoms with Crippen molar-refractivity contribution in [3.05, 3.63) is 22.4 Å². The van der Waals surface area contributed by atoms with Crippen LogP contribution in [0.25, 0.3) is 0 Å². The fourth-order valence-corrected chi connectivity index (χ4v) is 3.81. The van der Waals surface area contributed by atoms with Crippen LogP contribution in [0.4, 0.5) is 0 Å². The molecule has 0 aliphatic heterocycles. The van der Waals surface area contributed by atoms with Gasteiger partial charge in [0.2, 0.25) is 5.91 Å². The number of carbonyl (C=O) groups excluding carboxylic acids is 1. The Morgan fingerprint density at radius 2 is 2.20 bits per heavy atom. The van der Waals surface area contributed by atoms with Crippen LogP contribution >= 0.6 is 11.3 Å². The minimum absolute atomic E-state index is 0.00431. The van der Waals surface area contributed by atoms with E-state index < -0.39 is 6.04 Å². The van der Waals surface area contributed by atoms with Crippen molar-refractivity contribution >= 4 is 17.2 Å². The fourth-order valence-electron chi connectivity index (χ4n) is 2.94. The lowest BCUT2D eigenvalue weighted by Crippen LogP contribution is -2.46. The van der Waals surface area contributed by atoms with E-state index >= 15 is 0 Å². The monoisotopic (exact) mass is 294 g/mol. The maximum atomic E-state index is 12.4. The van der Waals surface area contributed by atoms with Crippen LogP contribution in [0.5, 0.6) is 0 Å². The third-order valence-electron chi connectivity index (χ3n) is 4.58. The number of thiophene rings is 1. The third kappa shape index (κ3) is 3.61. The summed E-state index contributed by atoms with van der Waals surface area (Å²) in [6, 6.07) is 3.94. The second-order valence-corrected chi connectivity index (χ2v) is 6.94. The molecule has 20 heavy (non-hydrogen) atoms. The molecule has 0 spiro atoms. The molecule has 3 nitrogen and oxygen atoms in total. The van der Waals surface area contributed by atoms with Crippen LogP contribution in [0.3, 0.4) is 0 Å². The summed E-state index contributed by atoms with van der Waals surface area (Å²) >= 11 is 1.73. The summed E-state index contributed by atoms with van der Waals surface area (Å²) in [5.41, 5.74) is 6.06. The third-order valence-corrected chi connectivity index (χ3v) is 5.53. The van der Waals surface area contributed by atoms with Crippen molar-refractivity contribution < 1.29 is 4.79 Å². The van der Waals surface area contributed by atoms with Gasteiger partial charge in [0.05, 0.1) is 12.1 Å². The molecule has 3 atom stereocenters. The van der Waals surface area contributed by atoms with Gasteiger partial charge in [-0.05, 0) is 36.1 Å². The first kappa shape index (κ1) is 15.5. The maximum absolute atomic E-state index is 12.4. The maximum Gasteiger partial charge on any atom is 0.237 e. The van der Waals surface area contributed by atoms with Gasteiger partial charge < -0.3 is 11.1 Å². The lowest BCUT2D eigenvalue weighted by Gasteiger charge is -2.27. The Kier molecular flexibility index (Phi) is 5.61. The minimum Gasteiger partial charge on any atom is -0.347 e. The molecular weight excluding hydrogens is 268 g/mol. The lowest BCUT2D eigenvalue weighted by atomic mass is 9.94. The molecule has 1 heterocycles. The molecule has 1 aromatic heterocycles. The Hall–Kier alpha value is -0.870. The first-order valence-electron chi connectivity index (χ1n) is 7.72. The molecule has 2 rings (SSSR count). The molecule has 2 unspecified atom stereocenters. The zero-order chi connectivity index (χ0) is 14.5. The number of carbonyl (C=O) groups is 1. The van der Waals surface area contributed by atoms with E-state index in [0.29, 0.717) is 5.92 Å². The van der Waals surface area contributed by atoms with Crippen molar-refractivity contribution in [3.63, 3.8) is 0 Å². The van der Waals surface area contributed by atoms with Gasteiger partial charge >= 0.3 is 0 Å². The van der Waals surface area contributed by atoms with E-state index in [-0.39, 0.29) is 17.9 Å². The predicted molar refractivity (Wildman–Crippen MR) is 84.6 cm³/mol. The number of hydrogen-bond donors (Lipinski definition) is 2. The highest BCUT2D eigenvalue weighted by atomic mass is 32.1. The molecule has 3 N–H and O–H groups in total. The molecule has 1 fully saturated rings. The van der Waals surface area contributed by atoms with Gasteiger partial charge in [-0.15, -0.1) is 11.3 Å². The Morgan fingerprint density at radius 1 is 1.50 bits per heavy atom. The number of hydrogen-bond acceptors (Lipinski definition) is 3. The zero-order valence-corrected chi connectivity index (χ0v) is 13.3. The summed E-state index contributed by atoms with van der Waals surface area (Å²) in [6.45, 7) is 4.12. The van der Waals surface area contributed by atoms with E-state index in [1.54, 1.807) is 11.3 Å². The largest absolute Gasteiger partial charge is 0.347 e. The molecule has 1 saturated carbocycles. The predicted octanol–water partition coefficient (Wildman–Crippen LogP) is 3.47. The van der Waals surface area contributed by atoms with Gasteiger partial charge in [0.1, 0.15) is 0 Å². The smallest absolute Gasteiger partial charge is 0.237 e. The van der Waals surface area contributed by atoms with Crippen molar-refractivity contribution in [1.29, 1.82) is 0 Å². The number of nitrogens with one attached hydrogen (secondary N) is 1. The summed E-state index contributed by atoms with van der Waals surface area (Å²) in [6.07, 6.45) is 5.91. The highest BCUT2D eigenvalue weighted by Crippen LogP contribution is 2.37. The van der Waals surface area contributed by atoms with Gasteiger partial charge in [-0.3, -0.25) is 4.79 Å². The molecule has 1 amide bonds. The minimum atomic E-state index is -0.399. The van der Waals surface area contributed by atoms with Crippen molar-refractivity contribution in [2.45, 2.75) is 58.0 Å². The van der Waals surface area contributed by atoms with Gasteiger partial charge in [-0.1, -0.05) is 39.2 Å². The quantitative estimate of drug-likeness (QED) is 0.844. The normalized spacial score (nSPS) is 20.6. The first-order valence-corrected chi connectivity index (χ1v) is 8.60. The molecule has 0 bridgehead atoms. The molecule has 112 valence electrons. The van der Waals surface area contributed by atoms with Crippen molar-refractivity contribution in [1.82, 2.24) is 5.32 Å². The van der Waals surface area contributed by atoms with Gasteiger partial charge in [0.25, 0.3) is 0 Å². The average Bonchev–Trinajstić information content (AvgIpc) is 3.15. The van der Waals surface area contributed by atoms with Crippen LogP contribution in [-0.2, 0) is 4.79 Å². The van der Waals surface area contributed by atoms with Crippen LogP contribution in [0, 0.1) is 11.8 Å². The summed E-state index contributed by atoms with van der Waals surface area (Å²) in [4.78, 5) is 13.6. The van der Waals surface area contributed by atoms with Crippen LogP contribution < -0.4 is 11.1 Å². The van der Waals surface area contributed by atoms with Crippen molar-refractivity contribution in [2.24, 2.45) is 17.6 Å². The van der Waals surface area contributed by atoms with E-state index in [2.05, 4.69) is 29.8 Å². The lowest BCUT2D eigenvalue weighted by molar-refractivity contribution is -0.124. The number of rotatable bonds is 6. The van der Waals surface area contributed by atoms with Gasteiger partial charge in [-0.2, -0.15) is 0 Å². The number of nitrogens with two attached hydrogens (primary N) is 1. The highest BCUT2D eigenvalue weighted by Gasteiger charge is 2.30. The van der Waals surface area contributed by atoms with E-state index in [0.717, 1.165) is 6.42 Å². The highest BCUT2D eigenvalue weighted by molar-refractivity contribution is 7.10. The topological polar surface area (TPSA) is 55.1 Å². The summed E-state index contributed by atoms with van der Waals surface area (Å²) in [7, 11) is 0. The summed E-state index contributed by atoms with van der Waals surface area (Å²) in [5, 5.41) is 5.30. The Labute approximate surface area is 125 Å². The van der Waals surface area contributed by atoms with E-state index in [1.807, 2.05) is 6.92 Å². The van der Waals surface area contributed by atoms with Crippen LogP contribution in [0.1, 0.15) is 56.9 Å². The molecule has 1 aliphatic rings. The Balaban J connectivity index is 2.06. The molecule has 4 heteroatoms. The molecule has 1 aliphatic carbocycles. The SMILES string of the molecule is CCC(C)[C@H](N)C(=O)NC(c1cccs1)C1CCCC1. The standard InChI is InChI=1S/C16H26N2OS/c1-3-11(2)14(17)16(19)18-15(12-7-4-5-8-12)13-9-6-10-20-13/h6,9-12,14-15H,3-5,7-8,17H2,1-2H3,(H,18,19)/t11?,14-,15?/m0/s1. The molecule has 0 radical (unpaired) electrons. The van der Waals surface area contributed by atoms with E-state index in [9.17, 15) is 4.79 Å². The Bertz CT molecular complexity index is 412. The average molecular weight is 294 g/mol. The second-order valence-electron chi connectivity index (χ2n) is 5.96. The van der Waals surface area contributed by atoms with E-state index in [1.165, 1.54) is 30.6 Å². The molecule has 0 saturated heterocycles.